The Hall–Kier alpha value is -2.25. The van der Waals surface area contributed by atoms with Gasteiger partial charge in [-0.1, -0.05) is 43.7 Å². The molecule has 3 aliphatic rings. The van der Waals surface area contributed by atoms with Gasteiger partial charge in [0.15, 0.2) is 5.82 Å². The summed E-state index contributed by atoms with van der Waals surface area (Å²) in [7, 11) is 0. The van der Waals surface area contributed by atoms with Gasteiger partial charge in [-0.2, -0.15) is 4.98 Å². The Morgan fingerprint density at radius 3 is 2.21 bits per heavy atom. The maximum Gasteiger partial charge on any atom is 0.240 e. The zero-order valence-corrected chi connectivity index (χ0v) is 16.4. The molecule has 2 aliphatic carbocycles. The largest absolute Gasteiger partial charge is 0.342 e. The smallest absolute Gasteiger partial charge is 0.240 e. The van der Waals surface area contributed by atoms with Crippen LogP contribution in [0.4, 0.5) is 0 Å². The predicted octanol–water partition coefficient (Wildman–Crippen LogP) is 2.22. The molecule has 1 aliphatic heterocycles. The van der Waals surface area contributed by atoms with Crippen LogP contribution in [0.2, 0.25) is 0 Å². The number of hydrogen-bond acceptors (Lipinski definition) is 6. The quantitative estimate of drug-likeness (QED) is 0.626. The molecule has 1 aromatic rings. The summed E-state index contributed by atoms with van der Waals surface area (Å²) in [5, 5.41) is 7.16. The van der Waals surface area contributed by atoms with Crippen molar-refractivity contribution in [1.29, 1.82) is 0 Å². The lowest BCUT2D eigenvalue weighted by molar-refractivity contribution is -0.144. The van der Waals surface area contributed by atoms with Gasteiger partial charge in [0.05, 0.1) is 11.8 Å². The maximum absolute atomic E-state index is 12.9. The lowest BCUT2D eigenvalue weighted by Gasteiger charge is -2.31. The molecule has 0 aromatic carbocycles. The van der Waals surface area contributed by atoms with Crippen LogP contribution in [0.1, 0.15) is 75.9 Å². The van der Waals surface area contributed by atoms with Gasteiger partial charge in [-0.15, -0.1) is 0 Å². The highest BCUT2D eigenvalue weighted by atomic mass is 16.5. The fraction of sp³-hybridized carbons (Fsp3) is 0.750. The van der Waals surface area contributed by atoms with E-state index in [-0.39, 0.29) is 36.1 Å². The van der Waals surface area contributed by atoms with Gasteiger partial charge >= 0.3 is 0 Å². The summed E-state index contributed by atoms with van der Waals surface area (Å²) in [5.74, 6) is -0.216. The van der Waals surface area contributed by atoms with Crippen LogP contribution in [-0.4, -0.2) is 39.3 Å². The fourth-order valence-corrected chi connectivity index (χ4v) is 5.07. The first-order chi connectivity index (χ1) is 13.5. The first-order valence-electron chi connectivity index (χ1n) is 10.5. The van der Waals surface area contributed by atoms with Crippen LogP contribution < -0.4 is 5.32 Å². The van der Waals surface area contributed by atoms with Gasteiger partial charge in [0.1, 0.15) is 12.1 Å². The van der Waals surface area contributed by atoms with Gasteiger partial charge in [-0.3, -0.25) is 19.3 Å². The summed E-state index contributed by atoms with van der Waals surface area (Å²) in [6.45, 7) is 1.51. The Morgan fingerprint density at radius 1 is 1.07 bits per heavy atom. The molecule has 1 N–H and O–H groups in total. The highest BCUT2D eigenvalue weighted by Crippen LogP contribution is 2.38. The SMILES string of the molecule is Cc1nc(C2(NC(=O)CN3C(=O)C4CCCCC4C3=O)CCCCCC2)no1. The molecular formula is C20H28N4O4. The number of rotatable bonds is 4. The summed E-state index contributed by atoms with van der Waals surface area (Å²) < 4.78 is 5.17. The average Bonchev–Trinajstić information content (AvgIpc) is 3.12. The molecule has 8 heteroatoms. The molecule has 2 atom stereocenters. The molecule has 1 aromatic heterocycles. The molecular weight excluding hydrogens is 360 g/mol. The van der Waals surface area contributed by atoms with Crippen molar-refractivity contribution in [2.75, 3.05) is 6.54 Å². The molecule has 3 fully saturated rings. The molecule has 0 spiro atoms. The predicted molar refractivity (Wildman–Crippen MR) is 98.7 cm³/mol. The van der Waals surface area contributed by atoms with Gasteiger partial charge in [0, 0.05) is 6.92 Å². The molecule has 4 rings (SSSR count). The minimum absolute atomic E-state index is 0.185. The van der Waals surface area contributed by atoms with Crippen molar-refractivity contribution < 1.29 is 18.9 Å². The van der Waals surface area contributed by atoms with Gasteiger partial charge in [0.25, 0.3) is 0 Å². The molecule has 1 saturated heterocycles. The summed E-state index contributed by atoms with van der Waals surface area (Å²) in [4.78, 5) is 43.8. The number of aryl methyl sites for hydroxylation is 1. The molecule has 152 valence electrons. The summed E-state index contributed by atoms with van der Waals surface area (Å²) in [5.41, 5.74) is -0.691. The van der Waals surface area contributed by atoms with E-state index in [2.05, 4.69) is 15.5 Å². The highest BCUT2D eigenvalue weighted by Gasteiger charge is 2.49. The van der Waals surface area contributed by atoms with Crippen molar-refractivity contribution in [2.24, 2.45) is 11.8 Å². The molecule has 3 amide bonds. The number of amides is 3. The van der Waals surface area contributed by atoms with E-state index in [4.69, 9.17) is 4.52 Å². The topological polar surface area (TPSA) is 105 Å². The van der Waals surface area contributed by atoms with Crippen LogP contribution in [0.15, 0.2) is 4.52 Å². The van der Waals surface area contributed by atoms with Crippen LogP contribution in [0.3, 0.4) is 0 Å². The van der Waals surface area contributed by atoms with Crippen molar-refractivity contribution in [1.82, 2.24) is 20.4 Å². The number of imide groups is 1. The van der Waals surface area contributed by atoms with E-state index in [1.165, 1.54) is 4.90 Å². The number of nitrogens with one attached hydrogen (secondary N) is 1. The number of fused-ring (bicyclic) bond motifs is 1. The molecule has 2 unspecified atom stereocenters. The van der Waals surface area contributed by atoms with Crippen molar-refractivity contribution in [2.45, 2.75) is 76.7 Å². The van der Waals surface area contributed by atoms with E-state index in [1.54, 1.807) is 6.92 Å². The minimum atomic E-state index is -0.691. The van der Waals surface area contributed by atoms with Crippen LogP contribution in [-0.2, 0) is 19.9 Å². The molecule has 28 heavy (non-hydrogen) atoms. The first-order valence-corrected chi connectivity index (χ1v) is 10.5. The number of carbonyl (C=O) groups is 3. The third-order valence-electron chi connectivity index (χ3n) is 6.53. The van der Waals surface area contributed by atoms with Gasteiger partial charge in [-0.05, 0) is 25.7 Å². The number of nitrogens with zero attached hydrogens (tertiary/aromatic N) is 3. The number of carbonyl (C=O) groups excluding carboxylic acids is 3. The molecule has 0 bridgehead atoms. The Kier molecular flexibility index (Phi) is 5.21. The van der Waals surface area contributed by atoms with Crippen molar-refractivity contribution in [3.05, 3.63) is 11.7 Å². The van der Waals surface area contributed by atoms with Crippen LogP contribution >= 0.6 is 0 Å². The lowest BCUT2D eigenvalue weighted by Crippen LogP contribution is -2.50. The van der Waals surface area contributed by atoms with Crippen molar-refractivity contribution in [3.63, 3.8) is 0 Å². The fourth-order valence-electron chi connectivity index (χ4n) is 5.07. The van der Waals surface area contributed by atoms with Crippen LogP contribution in [0.25, 0.3) is 0 Å². The number of hydrogen-bond donors (Lipinski definition) is 1. The van der Waals surface area contributed by atoms with E-state index in [0.29, 0.717) is 11.7 Å². The first kappa shape index (κ1) is 19.1. The third kappa shape index (κ3) is 3.44. The van der Waals surface area contributed by atoms with Crippen molar-refractivity contribution in [3.8, 4) is 0 Å². The molecule has 0 radical (unpaired) electrons. The maximum atomic E-state index is 12.9. The Labute approximate surface area is 164 Å². The van der Waals surface area contributed by atoms with Crippen molar-refractivity contribution >= 4 is 17.7 Å². The van der Waals surface area contributed by atoms with Crippen LogP contribution in [0.5, 0.6) is 0 Å². The van der Waals surface area contributed by atoms with E-state index >= 15 is 0 Å². The average molecular weight is 388 g/mol. The summed E-state index contributed by atoms with van der Waals surface area (Å²) >= 11 is 0. The second-order valence-corrected chi connectivity index (χ2v) is 8.44. The van der Waals surface area contributed by atoms with E-state index in [0.717, 1.165) is 64.2 Å². The molecule has 8 nitrogen and oxygen atoms in total. The van der Waals surface area contributed by atoms with Crippen LogP contribution in [0, 0.1) is 18.8 Å². The van der Waals surface area contributed by atoms with E-state index in [1.807, 2.05) is 0 Å². The second kappa shape index (κ2) is 7.64. The van der Waals surface area contributed by atoms with Gasteiger partial charge in [0.2, 0.25) is 23.6 Å². The molecule has 2 heterocycles. The normalized spacial score (nSPS) is 27.4. The highest BCUT2D eigenvalue weighted by molar-refractivity contribution is 6.07. The Morgan fingerprint density at radius 2 is 1.68 bits per heavy atom. The standard InChI is InChI=1S/C20H28N4O4/c1-13-21-19(23-28-13)20(10-6-2-3-7-11-20)22-16(25)12-24-17(26)14-8-4-5-9-15(14)18(24)27/h14-15H,2-12H2,1H3,(H,22,25). The van der Waals surface area contributed by atoms with Gasteiger partial charge in [-0.25, -0.2) is 0 Å². The zero-order chi connectivity index (χ0) is 19.7. The summed E-state index contributed by atoms with van der Waals surface area (Å²) in [6.07, 6.45) is 9.01. The second-order valence-electron chi connectivity index (χ2n) is 8.44. The lowest BCUT2D eigenvalue weighted by atomic mass is 9.81. The third-order valence-corrected chi connectivity index (χ3v) is 6.53. The Bertz CT molecular complexity index is 742. The Balaban J connectivity index is 1.50. The number of likely N-dealkylation sites (tertiary alicyclic amines) is 1. The zero-order valence-electron chi connectivity index (χ0n) is 16.4. The number of aromatic nitrogens is 2. The monoisotopic (exact) mass is 388 g/mol. The minimum Gasteiger partial charge on any atom is -0.342 e. The van der Waals surface area contributed by atoms with E-state index < -0.39 is 5.54 Å². The molecule has 2 saturated carbocycles. The summed E-state index contributed by atoms with van der Waals surface area (Å²) in [6, 6.07) is 0. The van der Waals surface area contributed by atoms with Gasteiger partial charge < -0.3 is 9.84 Å². The van der Waals surface area contributed by atoms with E-state index in [9.17, 15) is 14.4 Å².